The number of furan rings is 1. The van der Waals surface area contributed by atoms with Crippen LogP contribution in [0.1, 0.15) is 18.4 Å². The highest BCUT2D eigenvalue weighted by Crippen LogP contribution is 2.50. The van der Waals surface area contributed by atoms with E-state index in [4.69, 9.17) is 4.42 Å². The highest BCUT2D eigenvalue weighted by molar-refractivity contribution is 7.26. The lowest BCUT2D eigenvalue weighted by Crippen LogP contribution is -2.21. The zero-order valence-electron chi connectivity index (χ0n) is 29.6. The monoisotopic (exact) mass is 706 g/mol. The van der Waals surface area contributed by atoms with E-state index in [-0.39, 0.29) is 5.92 Å². The molecule has 12 rings (SSSR count). The number of allylic oxidation sites excluding steroid dienone is 12. The second-order valence-corrected chi connectivity index (χ2v) is 16.0. The summed E-state index contributed by atoms with van der Waals surface area (Å²) in [5, 5.41) is 12.5. The largest absolute Gasteiger partial charge is 0.455 e. The average molecular weight is 707 g/mol. The van der Waals surface area contributed by atoms with Crippen LogP contribution in [-0.4, -0.2) is 0 Å². The summed E-state index contributed by atoms with van der Waals surface area (Å²) >= 11 is 1.86. The number of fused-ring (bicyclic) bond motifs is 12. The Morgan fingerprint density at radius 2 is 1.15 bits per heavy atom. The molecule has 2 aromatic heterocycles. The molecule has 0 N–H and O–H groups in total. The Morgan fingerprint density at radius 1 is 0.500 bits per heavy atom. The average Bonchev–Trinajstić information content (AvgIpc) is 3.81. The maximum Gasteiger partial charge on any atom is 0.143 e. The van der Waals surface area contributed by atoms with Gasteiger partial charge >= 0.3 is 0 Å². The van der Waals surface area contributed by atoms with Crippen molar-refractivity contribution in [3.63, 3.8) is 0 Å². The summed E-state index contributed by atoms with van der Waals surface area (Å²) in [6, 6.07) is 42.7. The number of hydrogen-bond acceptors (Lipinski definition) is 2. The smallest absolute Gasteiger partial charge is 0.143 e. The topological polar surface area (TPSA) is 13.1 Å². The third-order valence-electron chi connectivity index (χ3n) is 12.2. The molecule has 0 saturated heterocycles. The Kier molecular flexibility index (Phi) is 6.52. The first-order valence-corrected chi connectivity index (χ1v) is 19.9. The Morgan fingerprint density at radius 3 is 1.91 bits per heavy atom. The predicted molar refractivity (Wildman–Crippen MR) is 232 cm³/mol. The molecule has 54 heavy (non-hydrogen) atoms. The summed E-state index contributed by atoms with van der Waals surface area (Å²) in [6.45, 7) is 0. The molecule has 0 radical (unpaired) electrons. The number of thiophene rings is 1. The van der Waals surface area contributed by atoms with Crippen molar-refractivity contribution >= 4 is 91.3 Å². The third kappa shape index (κ3) is 4.32. The fourth-order valence-electron chi connectivity index (χ4n) is 9.79. The summed E-state index contributed by atoms with van der Waals surface area (Å²) in [7, 11) is 0. The zero-order valence-corrected chi connectivity index (χ0v) is 30.4. The SMILES string of the molecule is C1=CCCC(C2=CC=C(c3c4ccccc4c(-c4ccc5oc6c(ccc7c6ccc6sc8ccccc8c67)c5c4)c4ccccc34)C3C=CC=CC23)=C1. The van der Waals surface area contributed by atoms with E-state index in [0.717, 1.165) is 34.8 Å². The van der Waals surface area contributed by atoms with E-state index in [1.165, 1.54) is 85.9 Å². The van der Waals surface area contributed by atoms with Crippen LogP contribution in [0, 0.1) is 11.8 Å². The maximum absolute atomic E-state index is 6.74. The molecule has 7 aromatic carbocycles. The molecule has 0 bridgehead atoms. The lowest BCUT2D eigenvalue weighted by molar-refractivity contribution is 0.639. The summed E-state index contributed by atoms with van der Waals surface area (Å²) in [4.78, 5) is 0. The van der Waals surface area contributed by atoms with Gasteiger partial charge in [0.05, 0.1) is 0 Å². The fraction of sp³-hybridized carbons (Fsp3) is 0.0769. The van der Waals surface area contributed by atoms with Gasteiger partial charge in [0, 0.05) is 48.2 Å². The third-order valence-corrected chi connectivity index (χ3v) is 13.3. The summed E-state index contributed by atoms with van der Waals surface area (Å²) < 4.78 is 9.38. The first kappa shape index (κ1) is 30.3. The molecule has 254 valence electrons. The molecule has 2 heterocycles. The highest BCUT2D eigenvalue weighted by Gasteiger charge is 2.32. The fourth-order valence-corrected chi connectivity index (χ4v) is 10.9. The van der Waals surface area contributed by atoms with Crippen LogP contribution in [0.15, 0.2) is 186 Å². The van der Waals surface area contributed by atoms with Gasteiger partial charge < -0.3 is 4.42 Å². The van der Waals surface area contributed by atoms with Gasteiger partial charge in [-0.15, -0.1) is 11.3 Å². The lowest BCUT2D eigenvalue weighted by Gasteiger charge is -2.34. The predicted octanol–water partition coefficient (Wildman–Crippen LogP) is 15.0. The molecule has 0 saturated carbocycles. The highest BCUT2D eigenvalue weighted by atomic mass is 32.1. The van der Waals surface area contributed by atoms with Gasteiger partial charge in [-0.3, -0.25) is 0 Å². The minimum atomic E-state index is 0.274. The van der Waals surface area contributed by atoms with Crippen molar-refractivity contribution in [1.29, 1.82) is 0 Å². The van der Waals surface area contributed by atoms with Gasteiger partial charge in [0.1, 0.15) is 11.2 Å². The summed E-state index contributed by atoms with van der Waals surface area (Å²) in [5.74, 6) is 0.601. The zero-order chi connectivity index (χ0) is 35.3. The van der Waals surface area contributed by atoms with Crippen molar-refractivity contribution in [2.75, 3.05) is 0 Å². The van der Waals surface area contributed by atoms with Crippen molar-refractivity contribution < 1.29 is 4.42 Å². The van der Waals surface area contributed by atoms with Crippen molar-refractivity contribution in [1.82, 2.24) is 0 Å². The number of hydrogen-bond donors (Lipinski definition) is 0. The van der Waals surface area contributed by atoms with Crippen LogP contribution in [-0.2, 0) is 0 Å². The van der Waals surface area contributed by atoms with Crippen LogP contribution < -0.4 is 0 Å². The first-order chi connectivity index (χ1) is 26.8. The minimum absolute atomic E-state index is 0.274. The lowest BCUT2D eigenvalue weighted by atomic mass is 9.69. The Hall–Kier alpha value is -6.22. The van der Waals surface area contributed by atoms with Crippen LogP contribution >= 0.6 is 11.3 Å². The molecule has 1 nitrogen and oxygen atoms in total. The molecule has 0 fully saturated rings. The molecule has 0 aliphatic heterocycles. The van der Waals surface area contributed by atoms with Crippen molar-refractivity contribution in [2.24, 2.45) is 11.8 Å². The molecule has 3 aliphatic rings. The molecule has 0 amide bonds. The molecular weight excluding hydrogens is 673 g/mol. The Bertz CT molecular complexity index is 3220. The van der Waals surface area contributed by atoms with Crippen LogP contribution in [0.4, 0.5) is 0 Å². The van der Waals surface area contributed by atoms with E-state index in [0.29, 0.717) is 5.92 Å². The summed E-state index contributed by atoms with van der Waals surface area (Å²) in [6.07, 6.45) is 23.2. The van der Waals surface area contributed by atoms with Crippen LogP contribution in [0.5, 0.6) is 0 Å². The maximum atomic E-state index is 6.74. The van der Waals surface area contributed by atoms with E-state index in [9.17, 15) is 0 Å². The van der Waals surface area contributed by atoms with E-state index < -0.39 is 0 Å². The summed E-state index contributed by atoms with van der Waals surface area (Å²) in [5.41, 5.74) is 10.0. The normalized spacial score (nSPS) is 18.3. The molecule has 9 aromatic rings. The van der Waals surface area contributed by atoms with Gasteiger partial charge in [-0.2, -0.15) is 0 Å². The van der Waals surface area contributed by atoms with Crippen molar-refractivity contribution in [3.05, 3.63) is 187 Å². The van der Waals surface area contributed by atoms with Gasteiger partial charge in [0.15, 0.2) is 0 Å². The van der Waals surface area contributed by atoms with Gasteiger partial charge in [0.25, 0.3) is 0 Å². The first-order valence-electron chi connectivity index (χ1n) is 19.1. The second-order valence-electron chi connectivity index (χ2n) is 15.0. The Balaban J connectivity index is 1.08. The number of rotatable bonds is 3. The van der Waals surface area contributed by atoms with E-state index >= 15 is 0 Å². The minimum Gasteiger partial charge on any atom is -0.455 e. The van der Waals surface area contributed by atoms with Gasteiger partial charge in [-0.1, -0.05) is 134 Å². The van der Waals surface area contributed by atoms with Crippen LogP contribution in [0.3, 0.4) is 0 Å². The molecular formula is C52H34OS. The van der Waals surface area contributed by atoms with E-state index in [1.807, 2.05) is 11.3 Å². The number of benzene rings is 7. The van der Waals surface area contributed by atoms with Crippen molar-refractivity contribution in [3.8, 4) is 11.1 Å². The standard InChI is InChI=1S/C52H34OS/c1-2-12-31(13-3-1)33-23-24-40(35-15-5-4-14-34(33)35)50-38-18-8-6-16-36(38)49(37-17-7-9-19-39(37)50)32-22-28-46-45(30-32)43-26-25-41-42(52(43)53-46)27-29-48-51(41)44-20-10-11-21-47(44)54-48/h1-2,4-12,14-30,34-35H,3,13H2. The molecule has 2 heteroatoms. The molecule has 2 unspecified atom stereocenters. The van der Waals surface area contributed by atoms with Gasteiger partial charge in [0.2, 0.25) is 0 Å². The van der Waals surface area contributed by atoms with Crippen LogP contribution in [0.25, 0.3) is 91.1 Å². The van der Waals surface area contributed by atoms with Gasteiger partial charge in [-0.05, 0) is 110 Å². The molecule has 3 aliphatic carbocycles. The van der Waals surface area contributed by atoms with E-state index in [2.05, 4.69) is 170 Å². The Labute approximate surface area is 316 Å². The van der Waals surface area contributed by atoms with E-state index in [1.54, 1.807) is 0 Å². The second kappa shape index (κ2) is 11.6. The van der Waals surface area contributed by atoms with Gasteiger partial charge in [-0.25, -0.2) is 0 Å². The van der Waals surface area contributed by atoms with Crippen LogP contribution in [0.2, 0.25) is 0 Å². The molecule has 2 atom stereocenters. The van der Waals surface area contributed by atoms with Crippen molar-refractivity contribution in [2.45, 2.75) is 12.8 Å². The molecule has 0 spiro atoms. The quantitative estimate of drug-likeness (QED) is 0.167.